The minimum atomic E-state index is -0.408. The summed E-state index contributed by atoms with van der Waals surface area (Å²) in [5.74, 6) is 1.05. The van der Waals surface area contributed by atoms with Crippen LogP contribution in [-0.4, -0.2) is 9.97 Å². The number of H-pyrrole nitrogens is 1. The SMILES string of the molecule is N#Cc1cnc(CSc2cccc(Cl)c2)[nH]c1=O. The first-order chi connectivity index (χ1) is 8.69. The summed E-state index contributed by atoms with van der Waals surface area (Å²) in [4.78, 5) is 19.0. The van der Waals surface area contributed by atoms with Crippen molar-refractivity contribution in [2.75, 3.05) is 0 Å². The zero-order chi connectivity index (χ0) is 13.0. The van der Waals surface area contributed by atoms with Crippen molar-refractivity contribution in [2.24, 2.45) is 0 Å². The summed E-state index contributed by atoms with van der Waals surface area (Å²) in [7, 11) is 0. The van der Waals surface area contributed by atoms with E-state index in [2.05, 4.69) is 9.97 Å². The van der Waals surface area contributed by atoms with Gasteiger partial charge in [-0.05, 0) is 18.2 Å². The van der Waals surface area contributed by atoms with E-state index in [1.165, 1.54) is 18.0 Å². The number of nitrogens with zero attached hydrogens (tertiary/aromatic N) is 2. The number of hydrogen-bond donors (Lipinski definition) is 1. The van der Waals surface area contributed by atoms with Crippen LogP contribution in [0.15, 0.2) is 40.2 Å². The summed E-state index contributed by atoms with van der Waals surface area (Å²) >= 11 is 7.38. The maximum Gasteiger partial charge on any atom is 0.268 e. The van der Waals surface area contributed by atoms with E-state index >= 15 is 0 Å². The number of hydrogen-bond acceptors (Lipinski definition) is 4. The Kier molecular flexibility index (Phi) is 4.03. The van der Waals surface area contributed by atoms with Gasteiger partial charge in [0.15, 0.2) is 0 Å². The molecule has 0 aliphatic rings. The number of rotatable bonds is 3. The van der Waals surface area contributed by atoms with Crippen molar-refractivity contribution in [1.29, 1.82) is 5.26 Å². The third kappa shape index (κ3) is 3.13. The Labute approximate surface area is 113 Å². The van der Waals surface area contributed by atoms with Crippen molar-refractivity contribution in [2.45, 2.75) is 10.6 Å². The first-order valence-corrected chi connectivity index (χ1v) is 6.42. The van der Waals surface area contributed by atoms with Crippen molar-refractivity contribution in [3.63, 3.8) is 0 Å². The molecule has 2 aromatic rings. The van der Waals surface area contributed by atoms with Gasteiger partial charge < -0.3 is 4.98 Å². The van der Waals surface area contributed by atoms with Gasteiger partial charge in [0.25, 0.3) is 5.56 Å². The predicted octanol–water partition coefficient (Wildman–Crippen LogP) is 2.59. The number of aromatic amines is 1. The lowest BCUT2D eigenvalue weighted by Crippen LogP contribution is -2.13. The monoisotopic (exact) mass is 277 g/mol. The van der Waals surface area contributed by atoms with Crippen LogP contribution in [0, 0.1) is 11.3 Å². The molecular weight excluding hydrogens is 270 g/mol. The van der Waals surface area contributed by atoms with E-state index in [0.717, 1.165) is 4.90 Å². The Morgan fingerprint density at radius 3 is 3.00 bits per heavy atom. The number of thioether (sulfide) groups is 1. The van der Waals surface area contributed by atoms with Crippen LogP contribution in [0.1, 0.15) is 11.4 Å². The highest BCUT2D eigenvalue weighted by molar-refractivity contribution is 7.98. The normalized spacial score (nSPS) is 10.0. The summed E-state index contributed by atoms with van der Waals surface area (Å²) in [6.45, 7) is 0. The van der Waals surface area contributed by atoms with Gasteiger partial charge in [-0.25, -0.2) is 4.98 Å². The van der Waals surface area contributed by atoms with Crippen LogP contribution in [0.5, 0.6) is 0 Å². The van der Waals surface area contributed by atoms with Crippen molar-refractivity contribution < 1.29 is 0 Å². The van der Waals surface area contributed by atoms with E-state index in [1.807, 2.05) is 18.2 Å². The molecule has 0 aliphatic carbocycles. The highest BCUT2D eigenvalue weighted by Gasteiger charge is 2.02. The van der Waals surface area contributed by atoms with Gasteiger partial charge in [-0.1, -0.05) is 17.7 Å². The van der Waals surface area contributed by atoms with Gasteiger partial charge in [-0.15, -0.1) is 11.8 Å². The quantitative estimate of drug-likeness (QED) is 0.876. The lowest BCUT2D eigenvalue weighted by molar-refractivity contribution is 0.992. The first-order valence-electron chi connectivity index (χ1n) is 5.05. The zero-order valence-electron chi connectivity index (χ0n) is 9.18. The minimum absolute atomic E-state index is 0.0199. The van der Waals surface area contributed by atoms with Gasteiger partial charge >= 0.3 is 0 Å². The van der Waals surface area contributed by atoms with E-state index in [0.29, 0.717) is 16.6 Å². The molecule has 2 rings (SSSR count). The third-order valence-corrected chi connectivity index (χ3v) is 3.38. The van der Waals surface area contributed by atoms with E-state index in [1.54, 1.807) is 12.1 Å². The number of benzene rings is 1. The van der Waals surface area contributed by atoms with E-state index in [-0.39, 0.29) is 5.56 Å². The summed E-state index contributed by atoms with van der Waals surface area (Å²) < 4.78 is 0. The average molecular weight is 278 g/mol. The molecule has 0 radical (unpaired) electrons. The van der Waals surface area contributed by atoms with Crippen LogP contribution in [0.3, 0.4) is 0 Å². The number of nitrogens with one attached hydrogen (secondary N) is 1. The molecule has 0 atom stereocenters. The average Bonchev–Trinajstić information content (AvgIpc) is 2.37. The van der Waals surface area contributed by atoms with Gasteiger partial charge in [0.1, 0.15) is 17.5 Å². The molecule has 1 aromatic heterocycles. The van der Waals surface area contributed by atoms with E-state index < -0.39 is 5.56 Å². The van der Waals surface area contributed by atoms with Crippen molar-refractivity contribution in [3.8, 4) is 6.07 Å². The number of nitriles is 1. The molecule has 0 unspecified atom stereocenters. The molecule has 1 aromatic carbocycles. The van der Waals surface area contributed by atoms with E-state index in [9.17, 15) is 4.79 Å². The Bertz CT molecular complexity index is 663. The Balaban J connectivity index is 2.09. The summed E-state index contributed by atoms with van der Waals surface area (Å²) in [5, 5.41) is 9.29. The Morgan fingerprint density at radius 1 is 1.50 bits per heavy atom. The van der Waals surface area contributed by atoms with Crippen LogP contribution < -0.4 is 5.56 Å². The van der Waals surface area contributed by atoms with Crippen LogP contribution in [0.2, 0.25) is 5.02 Å². The van der Waals surface area contributed by atoms with Crippen molar-refractivity contribution in [3.05, 3.63) is 57.2 Å². The second-order valence-electron chi connectivity index (χ2n) is 3.43. The van der Waals surface area contributed by atoms with E-state index in [4.69, 9.17) is 16.9 Å². The standard InChI is InChI=1S/C12H8ClN3OS/c13-9-2-1-3-10(4-9)18-7-11-15-6-8(5-14)12(17)16-11/h1-4,6H,7H2,(H,15,16,17). The lowest BCUT2D eigenvalue weighted by Gasteiger charge is -2.01. The molecule has 0 amide bonds. The molecule has 0 saturated heterocycles. The molecule has 0 fully saturated rings. The first kappa shape index (κ1) is 12.7. The van der Waals surface area contributed by atoms with Gasteiger partial charge in [0.2, 0.25) is 0 Å². The highest BCUT2D eigenvalue weighted by atomic mass is 35.5. The van der Waals surface area contributed by atoms with Crippen molar-refractivity contribution in [1.82, 2.24) is 9.97 Å². The van der Waals surface area contributed by atoms with Crippen LogP contribution in [0.25, 0.3) is 0 Å². The molecule has 0 aliphatic heterocycles. The molecule has 1 N–H and O–H groups in total. The molecule has 0 spiro atoms. The number of halogens is 1. The predicted molar refractivity (Wildman–Crippen MR) is 70.6 cm³/mol. The molecule has 0 bridgehead atoms. The Morgan fingerprint density at radius 2 is 2.33 bits per heavy atom. The largest absolute Gasteiger partial charge is 0.309 e. The highest BCUT2D eigenvalue weighted by Crippen LogP contribution is 2.23. The summed E-state index contributed by atoms with van der Waals surface area (Å²) in [6.07, 6.45) is 1.28. The fourth-order valence-electron chi connectivity index (χ4n) is 1.29. The van der Waals surface area contributed by atoms with Crippen LogP contribution in [-0.2, 0) is 5.75 Å². The maximum atomic E-state index is 11.4. The lowest BCUT2D eigenvalue weighted by atomic mass is 10.4. The fraction of sp³-hybridized carbons (Fsp3) is 0.0833. The van der Waals surface area contributed by atoms with Gasteiger partial charge in [0.05, 0.1) is 11.9 Å². The molecule has 1 heterocycles. The maximum absolute atomic E-state index is 11.4. The molecule has 0 saturated carbocycles. The number of aromatic nitrogens is 2. The van der Waals surface area contributed by atoms with Gasteiger partial charge in [-0.3, -0.25) is 4.79 Å². The zero-order valence-corrected chi connectivity index (χ0v) is 10.8. The Hall–Kier alpha value is -1.77. The molecule has 4 nitrogen and oxygen atoms in total. The van der Waals surface area contributed by atoms with Crippen molar-refractivity contribution >= 4 is 23.4 Å². The minimum Gasteiger partial charge on any atom is -0.309 e. The topological polar surface area (TPSA) is 69.5 Å². The molecular formula is C12H8ClN3OS. The second-order valence-corrected chi connectivity index (χ2v) is 4.92. The second kappa shape index (κ2) is 5.71. The smallest absolute Gasteiger partial charge is 0.268 e. The molecule has 6 heteroatoms. The van der Waals surface area contributed by atoms with Crippen LogP contribution >= 0.6 is 23.4 Å². The van der Waals surface area contributed by atoms with Gasteiger partial charge in [-0.2, -0.15) is 5.26 Å². The summed E-state index contributed by atoms with van der Waals surface area (Å²) in [5.41, 5.74) is -0.388. The third-order valence-electron chi connectivity index (χ3n) is 2.14. The van der Waals surface area contributed by atoms with Gasteiger partial charge in [0, 0.05) is 9.92 Å². The molecule has 90 valence electrons. The van der Waals surface area contributed by atoms with Crippen LogP contribution in [0.4, 0.5) is 0 Å². The summed E-state index contributed by atoms with van der Waals surface area (Å²) in [6, 6.07) is 9.20. The fourth-order valence-corrected chi connectivity index (χ4v) is 2.38. The molecule has 18 heavy (non-hydrogen) atoms.